The molecule has 3 heterocycles. The molecule has 31 heavy (non-hydrogen) atoms. The predicted octanol–water partition coefficient (Wildman–Crippen LogP) is 2.00. The van der Waals surface area contributed by atoms with E-state index in [0.29, 0.717) is 17.1 Å². The summed E-state index contributed by atoms with van der Waals surface area (Å²) >= 11 is 5.88. The summed E-state index contributed by atoms with van der Waals surface area (Å²) in [6, 6.07) is 6.21. The number of carbonyl (C=O) groups excluding carboxylic acids is 2. The van der Waals surface area contributed by atoms with Gasteiger partial charge in [-0.3, -0.25) is 4.79 Å². The SMILES string of the molecule is O=C(NCC1OC2CC(CC(=O)N3CCC(F)(F)C3)OC2C1O)Nc1cccc(Cl)c1. The Morgan fingerprint density at radius 1 is 1.32 bits per heavy atom. The number of aliphatic hydroxyl groups excluding tert-OH is 1. The monoisotopic (exact) mass is 459 g/mol. The molecule has 3 aliphatic rings. The normalized spacial score (nSPS) is 31.5. The average Bonchev–Trinajstić information content (AvgIpc) is 3.34. The highest BCUT2D eigenvalue weighted by Crippen LogP contribution is 2.36. The summed E-state index contributed by atoms with van der Waals surface area (Å²) in [5.74, 6) is -3.21. The topological polar surface area (TPSA) is 100 Å². The number of benzene rings is 1. The van der Waals surface area contributed by atoms with Crippen LogP contribution in [0.2, 0.25) is 5.02 Å². The lowest BCUT2D eigenvalue weighted by Gasteiger charge is -2.22. The second kappa shape index (κ2) is 8.85. The average molecular weight is 460 g/mol. The van der Waals surface area contributed by atoms with Gasteiger partial charge in [-0.1, -0.05) is 17.7 Å². The Labute approximate surface area is 182 Å². The molecular weight excluding hydrogens is 436 g/mol. The molecule has 4 rings (SSSR count). The molecule has 3 fully saturated rings. The van der Waals surface area contributed by atoms with Crippen molar-refractivity contribution in [1.29, 1.82) is 0 Å². The molecule has 5 unspecified atom stereocenters. The van der Waals surface area contributed by atoms with Gasteiger partial charge in [0.05, 0.1) is 25.2 Å². The van der Waals surface area contributed by atoms with E-state index in [2.05, 4.69) is 10.6 Å². The zero-order valence-electron chi connectivity index (χ0n) is 16.6. The molecule has 3 amide bonds. The molecular formula is C20H24ClF2N3O5. The number of nitrogens with one attached hydrogen (secondary N) is 2. The van der Waals surface area contributed by atoms with E-state index in [0.717, 1.165) is 4.90 Å². The summed E-state index contributed by atoms with van der Waals surface area (Å²) < 4.78 is 38.2. The number of rotatable bonds is 5. The Hall–Kier alpha value is -2.01. The molecule has 1 aromatic carbocycles. The van der Waals surface area contributed by atoms with Crippen LogP contribution < -0.4 is 10.6 Å². The molecule has 3 N–H and O–H groups in total. The number of urea groups is 1. The molecule has 5 atom stereocenters. The van der Waals surface area contributed by atoms with Gasteiger partial charge in [0.15, 0.2) is 0 Å². The number of aliphatic hydroxyl groups is 1. The van der Waals surface area contributed by atoms with Crippen LogP contribution >= 0.6 is 11.6 Å². The molecule has 0 bridgehead atoms. The van der Waals surface area contributed by atoms with Crippen molar-refractivity contribution in [3.63, 3.8) is 0 Å². The highest BCUT2D eigenvalue weighted by atomic mass is 35.5. The van der Waals surface area contributed by atoms with Gasteiger partial charge >= 0.3 is 6.03 Å². The van der Waals surface area contributed by atoms with E-state index in [1.807, 2.05) is 0 Å². The summed E-state index contributed by atoms with van der Waals surface area (Å²) in [4.78, 5) is 25.5. The smallest absolute Gasteiger partial charge is 0.319 e. The van der Waals surface area contributed by atoms with Crippen LogP contribution in [0.15, 0.2) is 24.3 Å². The number of amides is 3. The van der Waals surface area contributed by atoms with Gasteiger partial charge in [-0.2, -0.15) is 0 Å². The standard InChI is InChI=1S/C20H24ClF2N3O5/c21-11-2-1-3-12(6-11)25-19(29)24-9-15-17(28)18-14(31-15)7-13(30-18)8-16(27)26-5-4-20(22,23)10-26/h1-3,6,13-15,17-18,28H,4-5,7-10H2,(H2,24,25,29). The van der Waals surface area contributed by atoms with Crippen LogP contribution in [0.3, 0.4) is 0 Å². The minimum atomic E-state index is -2.83. The minimum absolute atomic E-state index is 0.0237. The number of likely N-dealkylation sites (tertiary alicyclic amines) is 1. The van der Waals surface area contributed by atoms with Crippen molar-refractivity contribution in [2.24, 2.45) is 0 Å². The number of hydrogen-bond acceptors (Lipinski definition) is 5. The Morgan fingerprint density at radius 2 is 2.13 bits per heavy atom. The van der Waals surface area contributed by atoms with Gasteiger partial charge in [0.2, 0.25) is 5.91 Å². The maximum Gasteiger partial charge on any atom is 0.319 e. The molecule has 3 saturated heterocycles. The Bertz CT molecular complexity index is 845. The van der Waals surface area contributed by atoms with E-state index in [1.54, 1.807) is 24.3 Å². The second-order valence-electron chi connectivity index (χ2n) is 8.13. The number of alkyl halides is 2. The number of halogens is 3. The largest absolute Gasteiger partial charge is 0.388 e. The number of fused-ring (bicyclic) bond motifs is 1. The second-order valence-corrected chi connectivity index (χ2v) is 8.57. The number of anilines is 1. The first-order chi connectivity index (χ1) is 14.7. The summed E-state index contributed by atoms with van der Waals surface area (Å²) in [5, 5.41) is 16.3. The van der Waals surface area contributed by atoms with Crippen molar-refractivity contribution in [3.8, 4) is 0 Å². The van der Waals surface area contributed by atoms with E-state index in [4.69, 9.17) is 21.1 Å². The lowest BCUT2D eigenvalue weighted by molar-refractivity contribution is -0.135. The van der Waals surface area contributed by atoms with Crippen molar-refractivity contribution in [2.45, 2.75) is 55.7 Å². The maximum atomic E-state index is 13.3. The highest BCUT2D eigenvalue weighted by Gasteiger charge is 2.51. The number of carbonyl (C=O) groups is 2. The van der Waals surface area contributed by atoms with Crippen LogP contribution in [0.25, 0.3) is 0 Å². The van der Waals surface area contributed by atoms with E-state index < -0.39 is 49.0 Å². The molecule has 0 radical (unpaired) electrons. The number of ether oxygens (including phenoxy) is 2. The zero-order valence-corrected chi connectivity index (χ0v) is 17.4. The third kappa shape index (κ3) is 5.25. The van der Waals surface area contributed by atoms with E-state index in [-0.39, 0.29) is 31.8 Å². The fourth-order valence-corrected chi connectivity index (χ4v) is 4.41. The molecule has 0 aliphatic carbocycles. The van der Waals surface area contributed by atoms with Crippen molar-refractivity contribution in [1.82, 2.24) is 10.2 Å². The van der Waals surface area contributed by atoms with Crippen molar-refractivity contribution in [3.05, 3.63) is 29.3 Å². The van der Waals surface area contributed by atoms with Gasteiger partial charge in [-0.15, -0.1) is 0 Å². The van der Waals surface area contributed by atoms with E-state index >= 15 is 0 Å². The van der Waals surface area contributed by atoms with Crippen molar-refractivity contribution < 1.29 is 33.0 Å². The molecule has 1 aromatic rings. The lowest BCUT2D eigenvalue weighted by atomic mass is 10.1. The minimum Gasteiger partial charge on any atom is -0.388 e. The first-order valence-electron chi connectivity index (χ1n) is 10.2. The van der Waals surface area contributed by atoms with Gasteiger partial charge < -0.3 is 30.1 Å². The summed E-state index contributed by atoms with van der Waals surface area (Å²) in [5.41, 5.74) is 0.529. The summed E-state index contributed by atoms with van der Waals surface area (Å²) in [7, 11) is 0. The lowest BCUT2D eigenvalue weighted by Crippen LogP contribution is -2.42. The third-order valence-corrected chi connectivity index (χ3v) is 5.98. The Morgan fingerprint density at radius 3 is 2.81 bits per heavy atom. The molecule has 0 saturated carbocycles. The Kier molecular flexibility index (Phi) is 6.34. The van der Waals surface area contributed by atoms with E-state index in [1.165, 1.54) is 0 Å². The molecule has 3 aliphatic heterocycles. The van der Waals surface area contributed by atoms with Crippen molar-refractivity contribution >= 4 is 29.2 Å². The Balaban J connectivity index is 1.21. The summed E-state index contributed by atoms with van der Waals surface area (Å²) in [6.45, 7) is -0.457. The van der Waals surface area contributed by atoms with Crippen molar-refractivity contribution in [2.75, 3.05) is 25.0 Å². The third-order valence-electron chi connectivity index (χ3n) is 5.75. The van der Waals surface area contributed by atoms with Gasteiger partial charge in [0, 0.05) is 36.6 Å². The van der Waals surface area contributed by atoms with Gasteiger partial charge in [0.1, 0.15) is 18.3 Å². The molecule has 0 spiro atoms. The van der Waals surface area contributed by atoms with Crippen LogP contribution in [0.5, 0.6) is 0 Å². The van der Waals surface area contributed by atoms with Crippen LogP contribution in [-0.2, 0) is 14.3 Å². The molecule has 170 valence electrons. The van der Waals surface area contributed by atoms with E-state index in [9.17, 15) is 23.5 Å². The van der Waals surface area contributed by atoms with Gasteiger partial charge in [-0.05, 0) is 18.2 Å². The zero-order chi connectivity index (χ0) is 22.2. The fraction of sp³-hybridized carbons (Fsp3) is 0.600. The first-order valence-corrected chi connectivity index (χ1v) is 10.5. The molecule has 11 heteroatoms. The van der Waals surface area contributed by atoms with Gasteiger partial charge in [0.25, 0.3) is 5.92 Å². The van der Waals surface area contributed by atoms with Gasteiger partial charge in [-0.25, -0.2) is 13.6 Å². The summed E-state index contributed by atoms with van der Waals surface area (Å²) in [6.07, 6.45) is -3.14. The predicted molar refractivity (Wildman–Crippen MR) is 107 cm³/mol. The van der Waals surface area contributed by atoms with Crippen LogP contribution in [0.4, 0.5) is 19.3 Å². The molecule has 8 nitrogen and oxygen atoms in total. The number of hydrogen-bond donors (Lipinski definition) is 3. The maximum absolute atomic E-state index is 13.3. The fourth-order valence-electron chi connectivity index (χ4n) is 4.22. The number of nitrogens with zero attached hydrogens (tertiary/aromatic N) is 1. The quantitative estimate of drug-likeness (QED) is 0.625. The van der Waals surface area contributed by atoms with Crippen LogP contribution in [0.1, 0.15) is 19.3 Å². The molecule has 0 aromatic heterocycles. The van der Waals surface area contributed by atoms with Crippen LogP contribution in [0, 0.1) is 0 Å². The van der Waals surface area contributed by atoms with Crippen LogP contribution in [-0.4, -0.2) is 78.0 Å². The highest BCUT2D eigenvalue weighted by molar-refractivity contribution is 6.30. The first kappa shape index (κ1) is 22.2.